The summed E-state index contributed by atoms with van der Waals surface area (Å²) in [7, 11) is 1.77. The lowest BCUT2D eigenvalue weighted by atomic mass is 10.2. The largest absolute Gasteiger partial charge is 0.357 e. The predicted molar refractivity (Wildman–Crippen MR) is 70.8 cm³/mol. The lowest BCUT2D eigenvalue weighted by Crippen LogP contribution is -2.02. The Balaban J connectivity index is 2.30. The van der Waals surface area contributed by atoms with E-state index in [-0.39, 0.29) is 0 Å². The Kier molecular flexibility index (Phi) is 3.39. The third-order valence-electron chi connectivity index (χ3n) is 2.45. The van der Waals surface area contributed by atoms with Crippen LogP contribution in [0.25, 0.3) is 0 Å². The highest BCUT2D eigenvalue weighted by Crippen LogP contribution is 2.19. The molecule has 0 bridgehead atoms. The fourth-order valence-corrected chi connectivity index (χ4v) is 1.49. The maximum atomic E-state index is 8.85. The third kappa shape index (κ3) is 2.55. The molecule has 0 aliphatic rings. The molecular formula is C13H13N5. The number of benzene rings is 1. The number of rotatable bonds is 3. The van der Waals surface area contributed by atoms with E-state index in [0.717, 1.165) is 17.1 Å². The Hall–Kier alpha value is -2.61. The summed E-state index contributed by atoms with van der Waals surface area (Å²) < 4.78 is 0. The van der Waals surface area contributed by atoms with E-state index in [2.05, 4.69) is 26.7 Å². The fourth-order valence-electron chi connectivity index (χ4n) is 1.49. The minimum absolute atomic E-state index is 0.555. The molecule has 0 spiro atoms. The van der Waals surface area contributed by atoms with Crippen molar-refractivity contribution in [2.45, 2.75) is 6.92 Å². The predicted octanol–water partition coefficient (Wildman–Crippen LogP) is 2.44. The molecule has 0 amide bonds. The number of anilines is 3. The summed E-state index contributed by atoms with van der Waals surface area (Å²) >= 11 is 0. The lowest BCUT2D eigenvalue weighted by Gasteiger charge is -2.09. The molecule has 0 aliphatic carbocycles. The lowest BCUT2D eigenvalue weighted by molar-refractivity contribution is 1.12. The number of nitrogens with zero attached hydrogens (tertiary/aromatic N) is 3. The normalized spacial score (nSPS) is 9.61. The Morgan fingerprint density at radius 1 is 1.33 bits per heavy atom. The first-order valence-corrected chi connectivity index (χ1v) is 5.51. The topological polar surface area (TPSA) is 73.6 Å². The molecule has 0 radical (unpaired) electrons. The third-order valence-corrected chi connectivity index (χ3v) is 2.45. The maximum absolute atomic E-state index is 8.85. The molecule has 1 aromatic carbocycles. The van der Waals surface area contributed by atoms with E-state index in [1.165, 1.54) is 0 Å². The van der Waals surface area contributed by atoms with Crippen molar-refractivity contribution in [1.82, 2.24) is 9.97 Å². The monoisotopic (exact) mass is 239 g/mol. The Morgan fingerprint density at radius 3 is 2.89 bits per heavy atom. The van der Waals surface area contributed by atoms with Gasteiger partial charge < -0.3 is 10.6 Å². The average Bonchev–Trinajstić information content (AvgIpc) is 2.41. The highest BCUT2D eigenvalue weighted by atomic mass is 15.1. The first-order chi connectivity index (χ1) is 8.72. The van der Waals surface area contributed by atoms with E-state index < -0.39 is 0 Å². The van der Waals surface area contributed by atoms with Crippen molar-refractivity contribution in [2.24, 2.45) is 0 Å². The summed E-state index contributed by atoms with van der Waals surface area (Å²) in [5.41, 5.74) is 2.38. The van der Waals surface area contributed by atoms with Crippen LogP contribution < -0.4 is 10.6 Å². The van der Waals surface area contributed by atoms with Gasteiger partial charge in [0.15, 0.2) is 0 Å². The van der Waals surface area contributed by atoms with Gasteiger partial charge in [0.1, 0.15) is 5.82 Å². The zero-order chi connectivity index (χ0) is 13.0. The number of hydrogen-bond acceptors (Lipinski definition) is 5. The summed E-state index contributed by atoms with van der Waals surface area (Å²) in [6.07, 6.45) is 1.75. The molecule has 1 aromatic heterocycles. The first kappa shape index (κ1) is 11.9. The molecule has 0 aliphatic heterocycles. The molecule has 2 aromatic rings. The Morgan fingerprint density at radius 2 is 2.17 bits per heavy atom. The number of hydrogen-bond donors (Lipinski definition) is 2. The second kappa shape index (κ2) is 5.15. The fraction of sp³-hybridized carbons (Fsp3) is 0.154. The highest BCUT2D eigenvalue weighted by Gasteiger charge is 2.03. The molecule has 0 fully saturated rings. The molecule has 2 rings (SSSR count). The van der Waals surface area contributed by atoms with Crippen LogP contribution in [0.3, 0.4) is 0 Å². The number of aryl methyl sites for hydroxylation is 1. The Bertz CT molecular complexity index is 601. The SMILES string of the molecule is CNc1ncc(C)c(Nc2cccc(C#N)c2)n1. The van der Waals surface area contributed by atoms with Crippen LogP contribution in [0.1, 0.15) is 11.1 Å². The smallest absolute Gasteiger partial charge is 0.224 e. The van der Waals surface area contributed by atoms with E-state index in [1.807, 2.05) is 19.1 Å². The van der Waals surface area contributed by atoms with Gasteiger partial charge in [-0.3, -0.25) is 0 Å². The van der Waals surface area contributed by atoms with Crippen LogP contribution >= 0.6 is 0 Å². The van der Waals surface area contributed by atoms with Crippen LogP contribution in [-0.2, 0) is 0 Å². The summed E-state index contributed by atoms with van der Waals surface area (Å²) in [6, 6.07) is 9.36. The second-order valence-corrected chi connectivity index (χ2v) is 3.79. The van der Waals surface area contributed by atoms with Crippen molar-refractivity contribution in [2.75, 3.05) is 17.7 Å². The van der Waals surface area contributed by atoms with Gasteiger partial charge in [0.2, 0.25) is 5.95 Å². The van der Waals surface area contributed by atoms with Gasteiger partial charge in [-0.15, -0.1) is 0 Å². The molecule has 0 saturated heterocycles. The molecule has 0 atom stereocenters. The van der Waals surface area contributed by atoms with Gasteiger partial charge in [0, 0.05) is 24.5 Å². The first-order valence-electron chi connectivity index (χ1n) is 5.51. The summed E-state index contributed by atoms with van der Waals surface area (Å²) in [5, 5.41) is 14.9. The zero-order valence-corrected chi connectivity index (χ0v) is 10.2. The average molecular weight is 239 g/mol. The molecule has 18 heavy (non-hydrogen) atoms. The molecular weight excluding hydrogens is 226 g/mol. The van der Waals surface area contributed by atoms with Gasteiger partial charge in [-0.05, 0) is 25.1 Å². The zero-order valence-electron chi connectivity index (χ0n) is 10.2. The van der Waals surface area contributed by atoms with Crippen LogP contribution in [0.15, 0.2) is 30.5 Å². The van der Waals surface area contributed by atoms with Crippen LogP contribution in [0.4, 0.5) is 17.5 Å². The molecule has 5 heteroatoms. The van der Waals surface area contributed by atoms with Crippen molar-refractivity contribution in [1.29, 1.82) is 5.26 Å². The molecule has 90 valence electrons. The van der Waals surface area contributed by atoms with Crippen LogP contribution in [0.5, 0.6) is 0 Å². The second-order valence-electron chi connectivity index (χ2n) is 3.79. The van der Waals surface area contributed by atoms with E-state index in [9.17, 15) is 0 Å². The number of aromatic nitrogens is 2. The van der Waals surface area contributed by atoms with Crippen molar-refractivity contribution < 1.29 is 0 Å². The molecule has 5 nitrogen and oxygen atoms in total. The van der Waals surface area contributed by atoms with Crippen molar-refractivity contribution in [3.8, 4) is 6.07 Å². The highest BCUT2D eigenvalue weighted by molar-refractivity contribution is 5.61. The molecule has 1 heterocycles. The van der Waals surface area contributed by atoms with Gasteiger partial charge in [0.25, 0.3) is 0 Å². The van der Waals surface area contributed by atoms with Gasteiger partial charge in [-0.1, -0.05) is 6.07 Å². The van der Waals surface area contributed by atoms with E-state index in [4.69, 9.17) is 5.26 Å². The summed E-state index contributed by atoms with van der Waals surface area (Å²) in [4.78, 5) is 8.44. The minimum atomic E-state index is 0.555. The quantitative estimate of drug-likeness (QED) is 0.860. The standard InChI is InChI=1S/C13H13N5/c1-9-8-16-13(15-2)18-12(9)17-11-5-3-4-10(6-11)7-14/h3-6,8H,1-2H3,(H2,15,16,17,18). The van der Waals surface area contributed by atoms with Crippen LogP contribution in [-0.4, -0.2) is 17.0 Å². The van der Waals surface area contributed by atoms with Crippen LogP contribution in [0, 0.1) is 18.3 Å². The molecule has 2 N–H and O–H groups in total. The summed E-state index contributed by atoms with van der Waals surface area (Å²) in [5.74, 6) is 1.28. The molecule has 0 unspecified atom stereocenters. The van der Waals surface area contributed by atoms with Gasteiger partial charge in [-0.25, -0.2) is 4.98 Å². The van der Waals surface area contributed by atoms with E-state index in [0.29, 0.717) is 11.5 Å². The van der Waals surface area contributed by atoms with E-state index >= 15 is 0 Å². The summed E-state index contributed by atoms with van der Waals surface area (Å²) in [6.45, 7) is 1.93. The van der Waals surface area contributed by atoms with Crippen molar-refractivity contribution >= 4 is 17.5 Å². The van der Waals surface area contributed by atoms with Crippen molar-refractivity contribution in [3.05, 3.63) is 41.6 Å². The van der Waals surface area contributed by atoms with Gasteiger partial charge in [-0.2, -0.15) is 10.2 Å². The van der Waals surface area contributed by atoms with E-state index in [1.54, 1.807) is 25.4 Å². The number of nitrogens with one attached hydrogen (secondary N) is 2. The number of nitriles is 1. The van der Waals surface area contributed by atoms with Gasteiger partial charge in [0.05, 0.1) is 11.6 Å². The molecule has 0 saturated carbocycles. The Labute approximate surface area is 106 Å². The van der Waals surface area contributed by atoms with Crippen LogP contribution in [0.2, 0.25) is 0 Å². The van der Waals surface area contributed by atoms with Crippen molar-refractivity contribution in [3.63, 3.8) is 0 Å². The van der Waals surface area contributed by atoms with Gasteiger partial charge >= 0.3 is 0 Å². The minimum Gasteiger partial charge on any atom is -0.357 e. The maximum Gasteiger partial charge on any atom is 0.224 e.